The van der Waals surface area contributed by atoms with Gasteiger partial charge in [-0.25, -0.2) is 0 Å². The average molecular weight is 321 g/mol. The zero-order valence-electron chi connectivity index (χ0n) is 12.2. The summed E-state index contributed by atoms with van der Waals surface area (Å²) in [6, 6.07) is 4.22. The fraction of sp³-hybridized carbons (Fsp3) is 0.467. The van der Waals surface area contributed by atoms with Crippen LogP contribution < -0.4 is 4.90 Å². The number of anilines is 1. The van der Waals surface area contributed by atoms with Gasteiger partial charge >= 0.3 is 0 Å². The first-order valence-electron chi connectivity index (χ1n) is 7.14. The molecule has 2 aromatic rings. The summed E-state index contributed by atoms with van der Waals surface area (Å²) in [5.41, 5.74) is 0.913. The predicted octanol–water partition coefficient (Wildman–Crippen LogP) is 3.47. The van der Waals surface area contributed by atoms with Crippen molar-refractivity contribution in [2.75, 3.05) is 11.4 Å². The molecule has 0 N–H and O–H groups in total. The normalized spacial score (nSPS) is 20.8. The molecule has 0 bridgehead atoms. The molecular weight excluding hydrogens is 302 g/mol. The average Bonchev–Trinajstić information content (AvgIpc) is 3.12. The highest BCUT2D eigenvalue weighted by molar-refractivity contribution is 8.00. The maximum absolute atomic E-state index is 12.7. The topological polar surface area (TPSA) is 38.1 Å². The molecule has 1 aliphatic rings. The van der Waals surface area contributed by atoms with Crippen LogP contribution in [-0.2, 0) is 11.8 Å². The van der Waals surface area contributed by atoms with E-state index in [2.05, 4.69) is 29.5 Å². The number of hydrogen-bond acceptors (Lipinski definition) is 4. The van der Waals surface area contributed by atoms with Crippen molar-refractivity contribution in [2.45, 2.75) is 30.3 Å². The first-order valence-corrected chi connectivity index (χ1v) is 8.96. The Kier molecular flexibility index (Phi) is 4.35. The number of carbonyl (C=O) groups excluding carboxylic acids is 1. The molecule has 0 saturated carbocycles. The van der Waals surface area contributed by atoms with E-state index in [9.17, 15) is 4.79 Å². The van der Waals surface area contributed by atoms with Crippen LogP contribution in [0.1, 0.15) is 29.9 Å². The fourth-order valence-corrected chi connectivity index (χ4v) is 4.86. The number of amides is 1. The molecule has 0 aromatic carbocycles. The molecule has 2 aromatic heterocycles. The van der Waals surface area contributed by atoms with Gasteiger partial charge in [0.2, 0.25) is 5.91 Å². The number of thiophene rings is 1. The third-order valence-corrected chi connectivity index (χ3v) is 6.34. The first-order chi connectivity index (χ1) is 10.1. The van der Waals surface area contributed by atoms with E-state index in [4.69, 9.17) is 0 Å². The van der Waals surface area contributed by atoms with E-state index in [0.29, 0.717) is 5.25 Å². The molecule has 21 heavy (non-hydrogen) atoms. The number of nitrogens with zero attached hydrogens (tertiary/aromatic N) is 3. The number of piperidine rings is 1. The lowest BCUT2D eigenvalue weighted by Crippen LogP contribution is -2.43. The van der Waals surface area contributed by atoms with Crippen LogP contribution in [0.4, 0.5) is 5.69 Å². The van der Waals surface area contributed by atoms with Crippen LogP contribution in [0.5, 0.6) is 0 Å². The fourth-order valence-electron chi connectivity index (χ4n) is 2.61. The van der Waals surface area contributed by atoms with Gasteiger partial charge in [-0.2, -0.15) is 5.10 Å². The van der Waals surface area contributed by atoms with Crippen LogP contribution >= 0.6 is 23.1 Å². The van der Waals surface area contributed by atoms with Crippen molar-refractivity contribution >= 4 is 34.7 Å². The van der Waals surface area contributed by atoms with E-state index in [1.165, 1.54) is 4.88 Å². The van der Waals surface area contributed by atoms with Gasteiger partial charge in [0, 0.05) is 29.9 Å². The largest absolute Gasteiger partial charge is 0.309 e. The van der Waals surface area contributed by atoms with Gasteiger partial charge in [-0.05, 0) is 31.2 Å². The van der Waals surface area contributed by atoms with Crippen LogP contribution in [0.25, 0.3) is 0 Å². The first kappa shape index (κ1) is 14.7. The standard InChI is InChI=1S/C15H19N3OS2/c1-11(13-6-4-8-20-13)21-14-5-3-7-18(15(14)19)12-9-16-17(2)10-12/h4,6,8-11,14H,3,5,7H2,1-2H3/t11-,14-/m1/s1. The smallest absolute Gasteiger partial charge is 0.240 e. The van der Waals surface area contributed by atoms with Gasteiger partial charge in [0.1, 0.15) is 0 Å². The Bertz CT molecular complexity index is 608. The molecule has 3 rings (SSSR count). The summed E-state index contributed by atoms with van der Waals surface area (Å²) in [6.07, 6.45) is 5.70. The van der Waals surface area contributed by atoms with Crippen molar-refractivity contribution < 1.29 is 4.79 Å². The molecule has 1 fully saturated rings. The highest BCUT2D eigenvalue weighted by atomic mass is 32.2. The SMILES string of the molecule is C[C@@H](S[C@@H]1CCCN(c2cnn(C)c2)C1=O)c1cccs1. The monoisotopic (exact) mass is 321 g/mol. The van der Waals surface area contributed by atoms with E-state index in [0.717, 1.165) is 25.1 Å². The summed E-state index contributed by atoms with van der Waals surface area (Å²) in [7, 11) is 1.88. The molecule has 112 valence electrons. The second-order valence-corrected chi connectivity index (χ2v) is 7.81. The molecule has 2 atom stereocenters. The Balaban J connectivity index is 1.70. The van der Waals surface area contributed by atoms with Gasteiger partial charge < -0.3 is 4.90 Å². The molecule has 0 radical (unpaired) electrons. The van der Waals surface area contributed by atoms with Crippen LogP contribution in [-0.4, -0.2) is 27.5 Å². The van der Waals surface area contributed by atoms with Crippen molar-refractivity contribution in [3.8, 4) is 0 Å². The second kappa shape index (κ2) is 6.23. The number of carbonyl (C=O) groups is 1. The number of rotatable bonds is 4. The lowest BCUT2D eigenvalue weighted by molar-refractivity contribution is -0.119. The van der Waals surface area contributed by atoms with E-state index >= 15 is 0 Å². The third kappa shape index (κ3) is 3.16. The van der Waals surface area contributed by atoms with Gasteiger partial charge in [0.25, 0.3) is 0 Å². The highest BCUT2D eigenvalue weighted by Gasteiger charge is 2.32. The van der Waals surface area contributed by atoms with Crippen LogP contribution in [0, 0.1) is 0 Å². The van der Waals surface area contributed by atoms with E-state index in [1.807, 2.05) is 18.1 Å². The molecule has 1 amide bonds. The molecule has 1 aliphatic heterocycles. The molecule has 0 aliphatic carbocycles. The number of aryl methyl sites for hydroxylation is 1. The quantitative estimate of drug-likeness (QED) is 0.865. The van der Waals surface area contributed by atoms with Crippen molar-refractivity contribution in [1.82, 2.24) is 9.78 Å². The van der Waals surface area contributed by atoms with Crippen molar-refractivity contribution in [3.63, 3.8) is 0 Å². The molecule has 1 saturated heterocycles. The van der Waals surface area contributed by atoms with Crippen molar-refractivity contribution in [3.05, 3.63) is 34.8 Å². The van der Waals surface area contributed by atoms with E-state index < -0.39 is 0 Å². The van der Waals surface area contributed by atoms with Crippen molar-refractivity contribution in [1.29, 1.82) is 0 Å². The van der Waals surface area contributed by atoms with Gasteiger partial charge in [0.15, 0.2) is 0 Å². The highest BCUT2D eigenvalue weighted by Crippen LogP contribution is 2.38. The minimum atomic E-state index is 0.0519. The van der Waals surface area contributed by atoms with E-state index in [1.54, 1.807) is 34.0 Å². The van der Waals surface area contributed by atoms with Gasteiger partial charge in [-0.3, -0.25) is 9.48 Å². The Hall–Kier alpha value is -1.27. The Morgan fingerprint density at radius 3 is 3.05 bits per heavy atom. The minimum absolute atomic E-state index is 0.0519. The number of thioether (sulfide) groups is 1. The molecule has 6 heteroatoms. The molecular formula is C15H19N3OS2. The van der Waals surface area contributed by atoms with Gasteiger partial charge in [-0.1, -0.05) is 6.07 Å². The minimum Gasteiger partial charge on any atom is -0.309 e. The summed E-state index contributed by atoms with van der Waals surface area (Å²) in [6.45, 7) is 2.99. The van der Waals surface area contributed by atoms with Crippen LogP contribution in [0.3, 0.4) is 0 Å². The summed E-state index contributed by atoms with van der Waals surface area (Å²) in [5, 5.41) is 6.69. The molecule has 0 unspecified atom stereocenters. The maximum atomic E-state index is 12.7. The Morgan fingerprint density at radius 2 is 2.38 bits per heavy atom. The number of aromatic nitrogens is 2. The molecule has 4 nitrogen and oxygen atoms in total. The van der Waals surface area contributed by atoms with Crippen molar-refractivity contribution in [2.24, 2.45) is 7.05 Å². The van der Waals surface area contributed by atoms with Crippen LogP contribution in [0.15, 0.2) is 29.9 Å². The summed E-state index contributed by atoms with van der Waals surface area (Å²) in [5.74, 6) is 0.225. The van der Waals surface area contributed by atoms with E-state index in [-0.39, 0.29) is 11.2 Å². The maximum Gasteiger partial charge on any atom is 0.240 e. The summed E-state index contributed by atoms with van der Waals surface area (Å²) >= 11 is 3.55. The lowest BCUT2D eigenvalue weighted by atomic mass is 10.1. The zero-order valence-corrected chi connectivity index (χ0v) is 13.9. The summed E-state index contributed by atoms with van der Waals surface area (Å²) < 4.78 is 1.74. The lowest BCUT2D eigenvalue weighted by Gasteiger charge is -2.32. The Morgan fingerprint density at radius 1 is 1.52 bits per heavy atom. The predicted molar refractivity (Wildman–Crippen MR) is 88.9 cm³/mol. The molecule has 3 heterocycles. The van der Waals surface area contributed by atoms with Gasteiger partial charge in [0.05, 0.1) is 17.1 Å². The summed E-state index contributed by atoms with van der Waals surface area (Å²) in [4.78, 5) is 15.9. The van der Waals surface area contributed by atoms with Crippen LogP contribution in [0.2, 0.25) is 0 Å². The van der Waals surface area contributed by atoms with Gasteiger partial charge in [-0.15, -0.1) is 23.1 Å². The second-order valence-electron chi connectivity index (χ2n) is 5.29. The Labute approximate surface area is 133 Å². The number of hydrogen-bond donors (Lipinski definition) is 0. The zero-order chi connectivity index (χ0) is 14.8. The third-order valence-electron chi connectivity index (χ3n) is 3.70. The molecule has 0 spiro atoms.